The summed E-state index contributed by atoms with van der Waals surface area (Å²) in [5.74, 6) is 2.14. The summed E-state index contributed by atoms with van der Waals surface area (Å²) in [6.07, 6.45) is 11.2. The van der Waals surface area contributed by atoms with Gasteiger partial charge in [-0.3, -0.25) is 18.7 Å². The number of nitrogens with two attached hydrogens (primary N) is 2. The number of methoxy groups -OCH3 is 4. The molecule has 84 heavy (non-hydrogen) atoms. The van der Waals surface area contributed by atoms with Crippen LogP contribution in [0.15, 0.2) is 113 Å². The summed E-state index contributed by atoms with van der Waals surface area (Å²) >= 11 is 0. The highest BCUT2D eigenvalue weighted by Crippen LogP contribution is 2.35. The van der Waals surface area contributed by atoms with Crippen LogP contribution in [-0.4, -0.2) is 137 Å². The number of likely N-dealkylation sites (N-methyl/N-ethyl adjacent to an activating group) is 2. The number of imidazole rings is 2. The monoisotopic (exact) mass is 1150 g/mol. The van der Waals surface area contributed by atoms with Crippen molar-refractivity contribution in [2.45, 2.75) is 52.9 Å². The van der Waals surface area contributed by atoms with E-state index in [9.17, 15) is 19.2 Å². The molecule has 0 aliphatic rings. The third-order valence-corrected chi connectivity index (χ3v) is 14.1. The van der Waals surface area contributed by atoms with Crippen LogP contribution in [-0.2, 0) is 25.5 Å². The molecule has 4 heterocycles. The van der Waals surface area contributed by atoms with Crippen LogP contribution >= 0.6 is 0 Å². The molecule has 442 valence electrons. The van der Waals surface area contributed by atoms with Gasteiger partial charge in [-0.1, -0.05) is 37.6 Å². The SMILES string of the molecule is COCCOc1ccc(-n2c(=O)n(-c3ccc(C)c(OC)c3)c3c(N)nc(CCCC(C)CCC=CC(=O)N(C)c4cc(-n5c(=O)n(-c6ccc(C)c(OC)c6)c6c(N)ncnc65)ccc4OCCOC)nc32)cc1NC(=O)C=CCN(C)C. The first-order valence-corrected chi connectivity index (χ1v) is 27.4. The number of benzene rings is 4. The minimum Gasteiger partial charge on any atom is -0.496 e. The molecule has 5 N–H and O–H groups in total. The average Bonchev–Trinajstić information content (AvgIpc) is 2.00. The van der Waals surface area contributed by atoms with Gasteiger partial charge in [0, 0.05) is 52.4 Å². The van der Waals surface area contributed by atoms with E-state index in [2.05, 4.69) is 22.2 Å². The van der Waals surface area contributed by atoms with E-state index >= 15 is 0 Å². The molecule has 0 aliphatic heterocycles. The summed E-state index contributed by atoms with van der Waals surface area (Å²) in [4.78, 5) is 78.3. The first-order valence-electron chi connectivity index (χ1n) is 27.4. The number of nitrogens with zero attached hydrogens (tertiary/aromatic N) is 10. The van der Waals surface area contributed by atoms with Crippen molar-refractivity contribution in [1.29, 1.82) is 0 Å². The molecule has 23 nitrogen and oxygen atoms in total. The summed E-state index contributed by atoms with van der Waals surface area (Å²) in [6, 6.07) is 21.0. The van der Waals surface area contributed by atoms with Gasteiger partial charge in [0.1, 0.15) is 59.4 Å². The van der Waals surface area contributed by atoms with Crippen LogP contribution in [0.3, 0.4) is 0 Å². The Kier molecular flexibility index (Phi) is 20.0. The van der Waals surface area contributed by atoms with E-state index in [1.807, 2.05) is 51.1 Å². The Labute approximate surface area is 486 Å². The van der Waals surface area contributed by atoms with Gasteiger partial charge in [-0.2, -0.15) is 0 Å². The zero-order chi connectivity index (χ0) is 60.2. The molecule has 0 saturated heterocycles. The summed E-state index contributed by atoms with van der Waals surface area (Å²) in [6.45, 7) is 7.56. The number of ether oxygens (including phenoxy) is 6. The lowest BCUT2D eigenvalue weighted by atomic mass is 9.98. The Morgan fingerprint density at radius 3 is 1.83 bits per heavy atom. The van der Waals surface area contributed by atoms with Crippen molar-refractivity contribution in [2.24, 2.45) is 5.92 Å². The quantitative estimate of drug-likeness (QED) is 0.0336. The van der Waals surface area contributed by atoms with E-state index in [-0.39, 0.29) is 53.9 Å². The van der Waals surface area contributed by atoms with Gasteiger partial charge < -0.3 is 55.0 Å². The van der Waals surface area contributed by atoms with E-state index < -0.39 is 11.4 Å². The zero-order valence-corrected chi connectivity index (χ0v) is 49.2. The Bertz CT molecular complexity index is 3860. The number of carbonyl (C=O) groups excluding carboxylic acids is 2. The number of fused-ring (bicyclic) bond motifs is 2. The predicted octanol–water partition coefficient (Wildman–Crippen LogP) is 7.32. The summed E-state index contributed by atoms with van der Waals surface area (Å²) in [5.41, 5.74) is 17.7. The molecule has 0 radical (unpaired) electrons. The van der Waals surface area contributed by atoms with Crippen molar-refractivity contribution in [1.82, 2.24) is 43.1 Å². The topological polar surface area (TPSA) is 265 Å². The average molecular weight is 1150 g/mol. The molecular weight excluding hydrogens is 1070 g/mol. The standard InChI is InChI=1S/C61H73N13O10/c1-38(15-11-12-19-53(76)70(6)46-34-42(25-27-48(46)84-32-30-80-8)73-58-54(56(62)64-37-65-58)71(60(73)77)43-22-20-39(2)49(35-43)81-9)16-13-17-51-67-57(63)55-59(68-51)74(61(78)72(55)44-23-21-40(3)50(36-44)82-10)41-24-26-47(83-31-29-79-7)45(33-41)66-52(75)18-14-28-69(4)5/h12,14,18-27,33-38H,11,13,15-17,28-32H2,1-10H3,(H,66,75)(H2,62,64,65)(H2,63,67,68). The van der Waals surface area contributed by atoms with Crippen molar-refractivity contribution < 1.29 is 38.0 Å². The largest absolute Gasteiger partial charge is 0.496 e. The molecule has 0 bridgehead atoms. The Morgan fingerprint density at radius 1 is 0.643 bits per heavy atom. The lowest BCUT2D eigenvalue weighted by molar-refractivity contribution is -0.114. The van der Waals surface area contributed by atoms with Gasteiger partial charge in [0.05, 0.1) is 61.6 Å². The highest BCUT2D eigenvalue weighted by molar-refractivity contribution is 6.02. The van der Waals surface area contributed by atoms with Gasteiger partial charge in [-0.25, -0.2) is 38.7 Å². The smallest absolute Gasteiger partial charge is 0.339 e. The molecule has 0 spiro atoms. The van der Waals surface area contributed by atoms with E-state index in [1.54, 1.807) is 102 Å². The zero-order valence-electron chi connectivity index (χ0n) is 49.2. The maximum Gasteiger partial charge on any atom is 0.339 e. The van der Waals surface area contributed by atoms with Crippen LogP contribution in [0.5, 0.6) is 23.0 Å². The van der Waals surface area contributed by atoms with E-state index in [0.29, 0.717) is 113 Å². The highest BCUT2D eigenvalue weighted by atomic mass is 16.5. The summed E-state index contributed by atoms with van der Waals surface area (Å²) in [5, 5.41) is 2.92. The molecule has 8 rings (SSSR count). The minimum absolute atomic E-state index is 0.104. The van der Waals surface area contributed by atoms with E-state index in [0.717, 1.165) is 24.0 Å². The predicted molar refractivity (Wildman–Crippen MR) is 325 cm³/mol. The number of rotatable bonds is 27. The second kappa shape index (κ2) is 27.6. The summed E-state index contributed by atoms with van der Waals surface area (Å²) in [7, 11) is 11.7. The maximum absolute atomic E-state index is 14.9. The summed E-state index contributed by atoms with van der Waals surface area (Å²) < 4.78 is 39.5. The van der Waals surface area contributed by atoms with Gasteiger partial charge in [0.25, 0.3) is 0 Å². The second-order valence-electron chi connectivity index (χ2n) is 20.4. The fraction of sp³-hybridized carbons (Fsp3) is 0.344. The lowest BCUT2D eigenvalue weighted by Crippen LogP contribution is -2.26. The number of nitrogens with one attached hydrogen (secondary N) is 1. The maximum atomic E-state index is 14.9. The van der Waals surface area contributed by atoms with E-state index in [1.165, 1.54) is 41.6 Å². The van der Waals surface area contributed by atoms with Crippen LogP contribution in [0, 0.1) is 19.8 Å². The first-order chi connectivity index (χ1) is 40.5. The fourth-order valence-electron chi connectivity index (χ4n) is 9.64. The Balaban J connectivity index is 1.00. The lowest BCUT2D eigenvalue weighted by Gasteiger charge is -2.21. The van der Waals surface area contributed by atoms with Crippen molar-refractivity contribution in [2.75, 3.05) is 104 Å². The van der Waals surface area contributed by atoms with Crippen LogP contribution in [0.2, 0.25) is 0 Å². The number of aryl methyl sites for hydroxylation is 3. The Hall–Kier alpha value is -9.32. The van der Waals surface area contributed by atoms with Crippen LogP contribution in [0.25, 0.3) is 45.1 Å². The minimum atomic E-state index is -0.472. The second-order valence-corrected chi connectivity index (χ2v) is 20.4. The van der Waals surface area contributed by atoms with Crippen molar-refractivity contribution in [3.05, 3.63) is 141 Å². The van der Waals surface area contributed by atoms with Crippen LogP contribution in [0.1, 0.15) is 49.6 Å². The van der Waals surface area contributed by atoms with Gasteiger partial charge in [0.15, 0.2) is 22.9 Å². The molecule has 1 atom stereocenters. The molecule has 0 fully saturated rings. The van der Waals surface area contributed by atoms with Gasteiger partial charge >= 0.3 is 11.4 Å². The van der Waals surface area contributed by atoms with Gasteiger partial charge in [-0.05, 0) is 119 Å². The van der Waals surface area contributed by atoms with Crippen molar-refractivity contribution in [3.63, 3.8) is 0 Å². The molecule has 0 aliphatic carbocycles. The van der Waals surface area contributed by atoms with Gasteiger partial charge in [0.2, 0.25) is 11.8 Å². The fourth-order valence-corrected chi connectivity index (χ4v) is 9.64. The number of carbonyl (C=O) groups is 2. The number of aromatic nitrogens is 8. The molecular formula is C61H73N13O10. The molecule has 4 aromatic carbocycles. The van der Waals surface area contributed by atoms with Crippen LogP contribution < -0.4 is 52.0 Å². The Morgan fingerprint density at radius 2 is 1.21 bits per heavy atom. The number of amides is 2. The van der Waals surface area contributed by atoms with Crippen molar-refractivity contribution in [3.8, 4) is 45.7 Å². The molecule has 4 aromatic heterocycles. The van der Waals surface area contributed by atoms with E-state index in [4.69, 9.17) is 49.9 Å². The third kappa shape index (κ3) is 13.6. The number of hydrogen-bond acceptors (Lipinski definition) is 17. The first kappa shape index (κ1) is 60.8. The van der Waals surface area contributed by atoms with Gasteiger partial charge in [-0.15, -0.1) is 0 Å². The molecule has 1 unspecified atom stereocenters. The molecule has 23 heteroatoms. The molecule has 2 amide bonds. The normalized spacial score (nSPS) is 12.0. The highest BCUT2D eigenvalue weighted by Gasteiger charge is 2.26. The van der Waals surface area contributed by atoms with Crippen LogP contribution in [0.4, 0.5) is 23.0 Å². The number of nitrogen functional groups attached to an aromatic ring is 2. The number of anilines is 4. The number of hydrogen-bond donors (Lipinski definition) is 3. The molecule has 8 aromatic rings. The third-order valence-electron chi connectivity index (χ3n) is 14.1. The van der Waals surface area contributed by atoms with Crippen molar-refractivity contribution >= 4 is 57.2 Å². The molecule has 0 saturated carbocycles. The number of allylic oxidation sites excluding steroid dienone is 1.